The van der Waals surface area contributed by atoms with E-state index in [1.165, 1.54) is 0 Å². The lowest BCUT2D eigenvalue weighted by Crippen LogP contribution is -1.82. The third-order valence-electron chi connectivity index (χ3n) is 1.20. The summed E-state index contributed by atoms with van der Waals surface area (Å²) in [6.45, 7) is 10.5. The molecular formula is C13H23NO. The van der Waals surface area contributed by atoms with Crippen molar-refractivity contribution in [3.8, 4) is 0 Å². The first kappa shape index (κ1) is 16.1. The monoisotopic (exact) mass is 209 g/mol. The van der Waals surface area contributed by atoms with Crippen LogP contribution in [-0.4, -0.2) is 12.8 Å². The molecule has 2 heteroatoms. The smallest absolute Gasteiger partial charge is 0.114 e. The van der Waals surface area contributed by atoms with Gasteiger partial charge in [-0.15, -0.1) is 0 Å². The van der Waals surface area contributed by atoms with E-state index in [4.69, 9.17) is 4.84 Å². The second kappa shape index (κ2) is 15.2. The Kier molecular flexibility index (Phi) is 16.3. The van der Waals surface area contributed by atoms with Gasteiger partial charge in [-0.25, -0.2) is 0 Å². The number of oxime groups is 1. The molecule has 0 saturated heterocycles. The van der Waals surface area contributed by atoms with Crippen LogP contribution in [0.25, 0.3) is 0 Å². The van der Waals surface area contributed by atoms with Gasteiger partial charge in [0.05, 0.1) is 6.21 Å². The maximum Gasteiger partial charge on any atom is 0.114 e. The van der Waals surface area contributed by atoms with Gasteiger partial charge in [-0.05, 0) is 12.5 Å². The fourth-order valence-electron chi connectivity index (χ4n) is 0.712. The third kappa shape index (κ3) is 10.6. The van der Waals surface area contributed by atoms with Crippen LogP contribution in [0.15, 0.2) is 35.5 Å². The van der Waals surface area contributed by atoms with Crippen LogP contribution in [0.4, 0.5) is 0 Å². The van der Waals surface area contributed by atoms with Gasteiger partial charge in [-0.2, -0.15) is 0 Å². The van der Waals surface area contributed by atoms with Gasteiger partial charge >= 0.3 is 0 Å². The lowest BCUT2D eigenvalue weighted by molar-refractivity contribution is 0.160. The highest BCUT2D eigenvalue weighted by atomic mass is 16.6. The molecule has 2 nitrogen and oxygen atoms in total. The molecule has 86 valence electrons. The summed E-state index contributed by atoms with van der Waals surface area (Å²) >= 11 is 0. The van der Waals surface area contributed by atoms with Crippen LogP contribution in [0.3, 0.4) is 0 Å². The fourth-order valence-corrected chi connectivity index (χ4v) is 0.712. The molecule has 0 aromatic heterocycles. The van der Waals surface area contributed by atoms with E-state index in [9.17, 15) is 0 Å². The highest BCUT2D eigenvalue weighted by molar-refractivity contribution is 5.78. The van der Waals surface area contributed by atoms with Crippen molar-refractivity contribution in [3.05, 3.63) is 35.9 Å². The van der Waals surface area contributed by atoms with E-state index in [2.05, 4.69) is 5.16 Å². The summed E-state index contributed by atoms with van der Waals surface area (Å²) < 4.78 is 0. The highest BCUT2D eigenvalue weighted by Crippen LogP contribution is 1.93. The SMILES string of the molecule is CC.CC.CCO/N=C/c1ccccc1. The lowest BCUT2D eigenvalue weighted by Gasteiger charge is -1.91. The maximum absolute atomic E-state index is 4.81. The van der Waals surface area contributed by atoms with Gasteiger partial charge in [0, 0.05) is 0 Å². The van der Waals surface area contributed by atoms with Crippen molar-refractivity contribution in [1.82, 2.24) is 0 Å². The number of nitrogens with zero attached hydrogens (tertiary/aromatic N) is 1. The Hall–Kier alpha value is -1.31. The van der Waals surface area contributed by atoms with Crippen molar-refractivity contribution in [3.63, 3.8) is 0 Å². The van der Waals surface area contributed by atoms with Crippen LogP contribution in [0.1, 0.15) is 40.2 Å². The summed E-state index contributed by atoms with van der Waals surface area (Å²) in [7, 11) is 0. The predicted molar refractivity (Wildman–Crippen MR) is 68.4 cm³/mol. The van der Waals surface area contributed by atoms with Gasteiger partial charge in [-0.3, -0.25) is 0 Å². The minimum atomic E-state index is 0.614. The van der Waals surface area contributed by atoms with E-state index in [0.29, 0.717) is 6.61 Å². The zero-order valence-corrected chi connectivity index (χ0v) is 10.5. The molecule has 0 N–H and O–H groups in total. The topological polar surface area (TPSA) is 21.6 Å². The molecule has 0 aliphatic carbocycles. The quantitative estimate of drug-likeness (QED) is 0.542. The molecule has 0 unspecified atom stereocenters. The van der Waals surface area contributed by atoms with Crippen LogP contribution in [0, 0.1) is 0 Å². The van der Waals surface area contributed by atoms with Crippen molar-refractivity contribution in [2.75, 3.05) is 6.61 Å². The molecule has 0 heterocycles. The molecular weight excluding hydrogens is 186 g/mol. The second-order valence-electron chi connectivity index (χ2n) is 2.06. The summed E-state index contributed by atoms with van der Waals surface area (Å²) in [5.74, 6) is 0. The van der Waals surface area contributed by atoms with Crippen molar-refractivity contribution >= 4 is 6.21 Å². The number of rotatable bonds is 3. The van der Waals surface area contributed by atoms with Crippen LogP contribution in [-0.2, 0) is 4.84 Å². The Labute approximate surface area is 94.0 Å². The summed E-state index contributed by atoms with van der Waals surface area (Å²) in [5, 5.41) is 3.74. The van der Waals surface area contributed by atoms with E-state index >= 15 is 0 Å². The van der Waals surface area contributed by atoms with E-state index in [-0.39, 0.29) is 0 Å². The molecule has 1 aromatic rings. The molecule has 0 radical (unpaired) electrons. The van der Waals surface area contributed by atoms with Crippen molar-refractivity contribution in [2.45, 2.75) is 34.6 Å². The number of benzene rings is 1. The largest absolute Gasteiger partial charge is 0.396 e. The van der Waals surface area contributed by atoms with Gasteiger partial charge in [0.2, 0.25) is 0 Å². The van der Waals surface area contributed by atoms with E-state index < -0.39 is 0 Å². The van der Waals surface area contributed by atoms with E-state index in [0.717, 1.165) is 5.56 Å². The van der Waals surface area contributed by atoms with Gasteiger partial charge in [0.1, 0.15) is 6.61 Å². The minimum absolute atomic E-state index is 0.614. The van der Waals surface area contributed by atoms with Crippen LogP contribution < -0.4 is 0 Å². The molecule has 0 saturated carbocycles. The van der Waals surface area contributed by atoms with E-state index in [1.807, 2.05) is 65.0 Å². The molecule has 0 atom stereocenters. The van der Waals surface area contributed by atoms with Crippen molar-refractivity contribution < 1.29 is 4.84 Å². The zero-order valence-electron chi connectivity index (χ0n) is 10.5. The van der Waals surface area contributed by atoms with Gasteiger partial charge in [0.25, 0.3) is 0 Å². The normalized spacial score (nSPS) is 8.33. The van der Waals surface area contributed by atoms with Crippen molar-refractivity contribution in [1.29, 1.82) is 0 Å². The van der Waals surface area contributed by atoms with E-state index in [1.54, 1.807) is 6.21 Å². The van der Waals surface area contributed by atoms with Crippen LogP contribution in [0.5, 0.6) is 0 Å². The molecule has 0 fully saturated rings. The Morgan fingerprint density at radius 3 is 2.07 bits per heavy atom. The third-order valence-corrected chi connectivity index (χ3v) is 1.20. The predicted octanol–water partition coefficient (Wildman–Crippen LogP) is 4.11. The standard InChI is InChI=1S/C9H11NO.2C2H6/c1-2-11-10-8-9-6-4-3-5-7-9;2*1-2/h3-8H,2H2,1H3;2*1-2H3/b10-8+;;. The fraction of sp³-hybridized carbons (Fsp3) is 0.462. The zero-order chi connectivity index (χ0) is 11.9. The van der Waals surface area contributed by atoms with Gasteiger partial charge in [0.15, 0.2) is 0 Å². The lowest BCUT2D eigenvalue weighted by atomic mass is 10.2. The first-order valence-electron chi connectivity index (χ1n) is 5.64. The molecule has 0 bridgehead atoms. The van der Waals surface area contributed by atoms with Crippen LogP contribution >= 0.6 is 0 Å². The first-order valence-corrected chi connectivity index (χ1v) is 5.64. The highest BCUT2D eigenvalue weighted by Gasteiger charge is 1.81. The molecule has 0 amide bonds. The molecule has 1 rings (SSSR count). The number of hydrogen-bond donors (Lipinski definition) is 0. The Morgan fingerprint density at radius 1 is 1.07 bits per heavy atom. The van der Waals surface area contributed by atoms with Gasteiger partial charge in [-0.1, -0.05) is 63.2 Å². The summed E-state index contributed by atoms with van der Waals surface area (Å²) in [5.41, 5.74) is 1.06. The molecule has 15 heavy (non-hydrogen) atoms. The Balaban J connectivity index is 0. The summed E-state index contributed by atoms with van der Waals surface area (Å²) in [6, 6.07) is 9.85. The maximum atomic E-state index is 4.81. The Morgan fingerprint density at radius 2 is 1.60 bits per heavy atom. The van der Waals surface area contributed by atoms with Crippen molar-refractivity contribution in [2.24, 2.45) is 5.16 Å². The second-order valence-corrected chi connectivity index (χ2v) is 2.06. The van der Waals surface area contributed by atoms with Gasteiger partial charge < -0.3 is 4.84 Å². The summed E-state index contributed by atoms with van der Waals surface area (Å²) in [4.78, 5) is 4.81. The number of hydrogen-bond acceptors (Lipinski definition) is 2. The minimum Gasteiger partial charge on any atom is -0.396 e. The average molecular weight is 209 g/mol. The summed E-state index contributed by atoms with van der Waals surface area (Å²) in [6.07, 6.45) is 1.70. The first-order chi connectivity index (χ1) is 7.43. The molecule has 1 aromatic carbocycles. The van der Waals surface area contributed by atoms with Crippen LogP contribution in [0.2, 0.25) is 0 Å². The molecule has 0 aliphatic heterocycles. The Bertz CT molecular complexity index is 219. The molecule has 0 spiro atoms. The average Bonchev–Trinajstić information content (AvgIpc) is 2.36. The molecule has 0 aliphatic rings.